The lowest BCUT2D eigenvalue weighted by Gasteiger charge is -2.39. The molecule has 8 nitrogen and oxygen atoms in total. The number of hydrogen-bond acceptors (Lipinski definition) is 5. The van der Waals surface area contributed by atoms with Gasteiger partial charge in [0.05, 0.1) is 6.26 Å². The van der Waals surface area contributed by atoms with Gasteiger partial charge >= 0.3 is 6.03 Å². The number of hydrogen-bond donors (Lipinski definition) is 2. The minimum atomic E-state index is -3.30. The van der Waals surface area contributed by atoms with E-state index in [4.69, 9.17) is 4.74 Å². The van der Waals surface area contributed by atoms with Gasteiger partial charge in [-0.15, -0.1) is 0 Å². The number of unbranched alkanes of at least 4 members (excludes halogenated alkanes) is 1. The predicted molar refractivity (Wildman–Crippen MR) is 150 cm³/mol. The predicted octanol–water partition coefficient (Wildman–Crippen LogP) is 5.43. The minimum Gasteiger partial charge on any atom is -0.457 e. The van der Waals surface area contributed by atoms with Crippen LogP contribution in [0.5, 0.6) is 11.5 Å². The van der Waals surface area contributed by atoms with Crippen LogP contribution in [0.1, 0.15) is 58.9 Å². The summed E-state index contributed by atoms with van der Waals surface area (Å²) in [4.78, 5) is 17.4. The van der Waals surface area contributed by atoms with Crippen molar-refractivity contribution in [2.45, 2.75) is 71.5 Å². The van der Waals surface area contributed by atoms with Crippen LogP contribution in [0.15, 0.2) is 48.5 Å². The third kappa shape index (κ3) is 9.89. The van der Waals surface area contributed by atoms with E-state index in [0.717, 1.165) is 63.9 Å². The number of nitrogens with one attached hydrogen (secondary N) is 2. The summed E-state index contributed by atoms with van der Waals surface area (Å²) in [6.07, 6.45) is 5.17. The molecule has 1 fully saturated rings. The number of ether oxygens (including phenoxy) is 1. The van der Waals surface area contributed by atoms with Crippen molar-refractivity contribution in [2.24, 2.45) is 0 Å². The second-order valence-electron chi connectivity index (χ2n) is 10.9. The number of benzene rings is 2. The first-order valence-electron chi connectivity index (χ1n) is 13.1. The lowest BCUT2D eigenvalue weighted by atomic mass is 10.0. The van der Waals surface area contributed by atoms with Gasteiger partial charge in [-0.25, -0.2) is 13.2 Å². The van der Waals surface area contributed by atoms with Crippen molar-refractivity contribution in [2.75, 3.05) is 30.6 Å². The Bertz CT molecular complexity index is 1100. The highest BCUT2D eigenvalue weighted by molar-refractivity contribution is 7.92. The van der Waals surface area contributed by atoms with Crippen molar-refractivity contribution in [1.29, 1.82) is 0 Å². The first kappa shape index (κ1) is 28.8. The van der Waals surface area contributed by atoms with Gasteiger partial charge < -0.3 is 15.0 Å². The minimum absolute atomic E-state index is 0.0521. The Morgan fingerprint density at radius 2 is 1.59 bits per heavy atom. The normalized spacial score (nSPS) is 15.3. The second kappa shape index (κ2) is 12.6. The van der Waals surface area contributed by atoms with Crippen molar-refractivity contribution in [1.82, 2.24) is 15.1 Å². The zero-order chi connectivity index (χ0) is 27.1. The summed E-state index contributed by atoms with van der Waals surface area (Å²) in [7, 11) is -3.30. The molecule has 0 spiro atoms. The topological polar surface area (TPSA) is 91.0 Å². The van der Waals surface area contributed by atoms with Crippen LogP contribution in [-0.2, 0) is 16.6 Å². The molecule has 0 atom stereocenters. The molecule has 9 heteroatoms. The van der Waals surface area contributed by atoms with Crippen LogP contribution in [-0.4, -0.2) is 61.7 Å². The number of urea groups is 1. The van der Waals surface area contributed by atoms with Crippen molar-refractivity contribution in [3.63, 3.8) is 0 Å². The van der Waals surface area contributed by atoms with Crippen molar-refractivity contribution < 1.29 is 17.9 Å². The van der Waals surface area contributed by atoms with Crippen molar-refractivity contribution in [3.8, 4) is 11.5 Å². The van der Waals surface area contributed by atoms with Crippen molar-refractivity contribution >= 4 is 21.7 Å². The summed E-state index contributed by atoms with van der Waals surface area (Å²) in [5.41, 5.74) is 1.47. The molecule has 2 N–H and O–H groups in total. The Morgan fingerprint density at radius 3 is 2.11 bits per heavy atom. The average Bonchev–Trinajstić information content (AvgIpc) is 2.81. The van der Waals surface area contributed by atoms with Crippen LogP contribution in [0, 0.1) is 0 Å². The van der Waals surface area contributed by atoms with Crippen LogP contribution < -0.4 is 14.8 Å². The van der Waals surface area contributed by atoms with Crippen molar-refractivity contribution in [3.05, 3.63) is 54.1 Å². The maximum Gasteiger partial charge on any atom is 0.318 e. The summed E-state index contributed by atoms with van der Waals surface area (Å²) in [6, 6.07) is 15.2. The molecule has 2 aromatic carbocycles. The van der Waals surface area contributed by atoms with Gasteiger partial charge in [0.15, 0.2) is 0 Å². The molecular weight excluding hydrogens is 488 g/mol. The smallest absolute Gasteiger partial charge is 0.318 e. The second-order valence-corrected chi connectivity index (χ2v) is 12.6. The molecule has 37 heavy (non-hydrogen) atoms. The van der Waals surface area contributed by atoms with Gasteiger partial charge in [-0.2, -0.15) is 0 Å². The van der Waals surface area contributed by atoms with Crippen LogP contribution in [0.3, 0.4) is 0 Å². The molecule has 1 heterocycles. The standard InChI is InChI=1S/C28H42N4O4S/c1-6-7-18-32(27(33)29-28(2,3)4)24-16-19-31(20-17-24)21-22-8-12-25(13-9-22)36-26-14-10-23(11-15-26)30-37(5,34)35/h8-15,24,30H,6-7,16-21H2,1-5H3,(H,29,33). The molecule has 1 aliphatic heterocycles. The number of anilines is 1. The van der Waals surface area contributed by atoms with Gasteiger partial charge in [-0.05, 0) is 82.0 Å². The molecule has 2 aromatic rings. The van der Waals surface area contributed by atoms with Crippen LogP contribution >= 0.6 is 0 Å². The van der Waals surface area contributed by atoms with E-state index in [1.54, 1.807) is 24.3 Å². The number of nitrogens with zero attached hydrogens (tertiary/aromatic N) is 2. The van der Waals surface area contributed by atoms with Gasteiger partial charge in [0.1, 0.15) is 11.5 Å². The summed E-state index contributed by atoms with van der Waals surface area (Å²) < 4.78 is 31.0. The highest BCUT2D eigenvalue weighted by Crippen LogP contribution is 2.25. The zero-order valence-corrected chi connectivity index (χ0v) is 23.6. The third-order valence-electron chi connectivity index (χ3n) is 6.22. The number of amides is 2. The fourth-order valence-electron chi connectivity index (χ4n) is 4.42. The van der Waals surface area contributed by atoms with Gasteiger partial charge in [-0.3, -0.25) is 9.62 Å². The molecule has 204 valence electrons. The van der Waals surface area contributed by atoms with Crippen LogP contribution in [0.4, 0.5) is 10.5 Å². The maximum absolute atomic E-state index is 12.9. The fraction of sp³-hybridized carbons (Fsp3) is 0.536. The monoisotopic (exact) mass is 530 g/mol. The largest absolute Gasteiger partial charge is 0.457 e. The highest BCUT2D eigenvalue weighted by Gasteiger charge is 2.29. The molecule has 3 rings (SSSR count). The van der Waals surface area contributed by atoms with Gasteiger partial charge in [0.2, 0.25) is 10.0 Å². The van der Waals surface area contributed by atoms with E-state index < -0.39 is 10.0 Å². The van der Waals surface area contributed by atoms with E-state index in [1.165, 1.54) is 5.56 Å². The van der Waals surface area contributed by atoms with E-state index in [-0.39, 0.29) is 17.6 Å². The molecule has 0 radical (unpaired) electrons. The summed E-state index contributed by atoms with van der Waals surface area (Å²) in [6.45, 7) is 11.8. The van der Waals surface area contributed by atoms with Gasteiger partial charge in [-0.1, -0.05) is 25.5 Å². The molecule has 0 unspecified atom stereocenters. The number of likely N-dealkylation sites (tertiary alicyclic amines) is 1. The first-order chi connectivity index (χ1) is 17.4. The molecule has 0 aliphatic carbocycles. The molecular formula is C28H42N4O4S. The Kier molecular flexibility index (Phi) is 9.84. The number of carbonyl (C=O) groups excluding carboxylic acids is 1. The number of rotatable bonds is 10. The van der Waals surface area contributed by atoms with E-state index in [1.807, 2.05) is 32.9 Å². The zero-order valence-electron chi connectivity index (χ0n) is 22.8. The quantitative estimate of drug-likeness (QED) is 0.428. The Morgan fingerprint density at radius 1 is 1.03 bits per heavy atom. The first-order valence-corrected chi connectivity index (χ1v) is 15.0. The Labute approximate surface area is 222 Å². The Hall–Kier alpha value is -2.78. The lowest BCUT2D eigenvalue weighted by Crippen LogP contribution is -2.54. The average molecular weight is 531 g/mol. The highest BCUT2D eigenvalue weighted by atomic mass is 32.2. The lowest BCUT2D eigenvalue weighted by molar-refractivity contribution is 0.112. The molecule has 1 saturated heterocycles. The molecule has 2 amide bonds. The summed E-state index contributed by atoms with van der Waals surface area (Å²) >= 11 is 0. The number of piperidine rings is 1. The molecule has 0 aromatic heterocycles. The summed E-state index contributed by atoms with van der Waals surface area (Å²) in [5.74, 6) is 1.36. The Balaban J connectivity index is 1.50. The molecule has 0 bridgehead atoms. The SMILES string of the molecule is CCCCN(C(=O)NC(C)(C)C)C1CCN(Cc2ccc(Oc3ccc(NS(C)(=O)=O)cc3)cc2)CC1. The number of carbonyl (C=O) groups is 1. The maximum atomic E-state index is 12.9. The fourth-order valence-corrected chi connectivity index (χ4v) is 4.99. The van der Waals surface area contributed by atoms with E-state index >= 15 is 0 Å². The van der Waals surface area contributed by atoms with E-state index in [2.05, 4.69) is 38.9 Å². The summed E-state index contributed by atoms with van der Waals surface area (Å²) in [5, 5.41) is 3.14. The van der Waals surface area contributed by atoms with Crippen LogP contribution in [0.25, 0.3) is 0 Å². The van der Waals surface area contributed by atoms with Crippen LogP contribution in [0.2, 0.25) is 0 Å². The number of sulfonamides is 1. The van der Waals surface area contributed by atoms with E-state index in [9.17, 15) is 13.2 Å². The van der Waals surface area contributed by atoms with Gasteiger partial charge in [0, 0.05) is 43.4 Å². The molecule has 1 aliphatic rings. The van der Waals surface area contributed by atoms with E-state index in [0.29, 0.717) is 11.4 Å². The van der Waals surface area contributed by atoms with Gasteiger partial charge in [0.25, 0.3) is 0 Å². The third-order valence-corrected chi connectivity index (χ3v) is 6.82. The molecule has 0 saturated carbocycles.